The van der Waals surface area contributed by atoms with Crippen molar-refractivity contribution < 1.29 is 14.6 Å². The zero-order chi connectivity index (χ0) is 21.3. The Bertz CT molecular complexity index is 949. The summed E-state index contributed by atoms with van der Waals surface area (Å²) in [7, 11) is 0. The van der Waals surface area contributed by atoms with E-state index in [4.69, 9.17) is 9.84 Å². The summed E-state index contributed by atoms with van der Waals surface area (Å²) in [4.78, 5) is 13.0. The number of rotatable bonds is 10. The lowest BCUT2D eigenvalue weighted by Crippen LogP contribution is -2.21. The maximum Gasteiger partial charge on any atom is 0.303 e. The first-order chi connectivity index (χ1) is 14.5. The van der Waals surface area contributed by atoms with Gasteiger partial charge < -0.3 is 14.7 Å². The number of nitrogens with zero attached hydrogens (tertiary/aromatic N) is 1. The van der Waals surface area contributed by atoms with Gasteiger partial charge in [0.05, 0.1) is 0 Å². The Kier molecular flexibility index (Phi) is 7.50. The first-order valence-corrected chi connectivity index (χ1v) is 10.4. The quantitative estimate of drug-likeness (QED) is 0.477. The van der Waals surface area contributed by atoms with E-state index in [-0.39, 0.29) is 6.42 Å². The van der Waals surface area contributed by atoms with E-state index in [0.717, 1.165) is 30.0 Å². The standard InChI is InChI=1S/C26H29NO3/c1-3-27(24-6-4-5-20(2)17-24)18-22-7-9-23(10-8-22)19-30-25-14-11-21(12-15-25)13-16-26(28)29/h4-12,14-15,17H,3,13,16,18-19H2,1-2H3,(H,28,29). The van der Waals surface area contributed by atoms with Crippen LogP contribution in [0.3, 0.4) is 0 Å². The fourth-order valence-electron chi connectivity index (χ4n) is 3.34. The molecule has 3 aromatic carbocycles. The molecule has 4 heteroatoms. The van der Waals surface area contributed by atoms with Crippen molar-refractivity contribution in [1.82, 2.24) is 0 Å². The van der Waals surface area contributed by atoms with Gasteiger partial charge in [0.1, 0.15) is 12.4 Å². The van der Waals surface area contributed by atoms with Gasteiger partial charge in [-0.25, -0.2) is 0 Å². The topological polar surface area (TPSA) is 49.8 Å². The number of carboxylic acid groups (broad SMARTS) is 1. The van der Waals surface area contributed by atoms with Crippen molar-refractivity contribution in [1.29, 1.82) is 0 Å². The summed E-state index contributed by atoms with van der Waals surface area (Å²) in [6.07, 6.45) is 0.681. The molecule has 0 saturated carbocycles. The summed E-state index contributed by atoms with van der Waals surface area (Å²) in [5.41, 5.74) is 5.91. The second-order valence-corrected chi connectivity index (χ2v) is 7.50. The van der Waals surface area contributed by atoms with E-state index < -0.39 is 5.97 Å². The SMILES string of the molecule is CCN(Cc1ccc(COc2ccc(CCC(=O)O)cc2)cc1)c1cccc(C)c1. The van der Waals surface area contributed by atoms with Crippen molar-refractivity contribution in [3.8, 4) is 5.75 Å². The minimum atomic E-state index is -0.778. The Hall–Kier alpha value is -3.27. The van der Waals surface area contributed by atoms with E-state index in [1.54, 1.807) is 0 Å². The van der Waals surface area contributed by atoms with Crippen molar-refractivity contribution in [2.45, 2.75) is 39.8 Å². The van der Waals surface area contributed by atoms with Crippen LogP contribution in [-0.4, -0.2) is 17.6 Å². The smallest absolute Gasteiger partial charge is 0.303 e. The van der Waals surface area contributed by atoms with Crippen molar-refractivity contribution >= 4 is 11.7 Å². The molecule has 3 aromatic rings. The zero-order valence-corrected chi connectivity index (χ0v) is 17.7. The molecule has 0 aliphatic heterocycles. The molecular formula is C26H29NO3. The maximum atomic E-state index is 10.7. The highest BCUT2D eigenvalue weighted by Gasteiger charge is 2.06. The summed E-state index contributed by atoms with van der Waals surface area (Å²) >= 11 is 0. The summed E-state index contributed by atoms with van der Waals surface area (Å²) < 4.78 is 5.87. The van der Waals surface area contributed by atoms with Crippen LogP contribution in [0.15, 0.2) is 72.8 Å². The molecular weight excluding hydrogens is 374 g/mol. The van der Waals surface area contributed by atoms with Gasteiger partial charge >= 0.3 is 5.97 Å². The maximum absolute atomic E-state index is 10.7. The third-order valence-electron chi connectivity index (χ3n) is 5.10. The van der Waals surface area contributed by atoms with Crippen LogP contribution in [0.4, 0.5) is 5.69 Å². The van der Waals surface area contributed by atoms with Crippen LogP contribution >= 0.6 is 0 Å². The number of ether oxygens (including phenoxy) is 1. The molecule has 0 bridgehead atoms. The van der Waals surface area contributed by atoms with Gasteiger partial charge in [0.25, 0.3) is 0 Å². The van der Waals surface area contributed by atoms with Crippen molar-refractivity contribution in [2.24, 2.45) is 0 Å². The molecule has 0 amide bonds. The van der Waals surface area contributed by atoms with Crippen LogP contribution in [0.2, 0.25) is 0 Å². The molecule has 0 aliphatic rings. The molecule has 0 saturated heterocycles. The van der Waals surface area contributed by atoms with Gasteiger partial charge in [0, 0.05) is 25.2 Å². The van der Waals surface area contributed by atoms with Crippen LogP contribution in [-0.2, 0) is 24.4 Å². The van der Waals surface area contributed by atoms with Gasteiger partial charge in [0.2, 0.25) is 0 Å². The monoisotopic (exact) mass is 403 g/mol. The molecule has 0 radical (unpaired) electrons. The summed E-state index contributed by atoms with van der Waals surface area (Å²) in [6, 6.07) is 24.8. The second-order valence-electron chi connectivity index (χ2n) is 7.50. The zero-order valence-electron chi connectivity index (χ0n) is 17.7. The van der Waals surface area contributed by atoms with Crippen molar-refractivity contribution in [3.05, 3.63) is 95.1 Å². The molecule has 0 aliphatic carbocycles. The average molecular weight is 404 g/mol. The van der Waals surface area contributed by atoms with E-state index in [0.29, 0.717) is 13.0 Å². The summed E-state index contributed by atoms with van der Waals surface area (Å²) in [5.74, 6) is 0.00877. The van der Waals surface area contributed by atoms with Gasteiger partial charge in [-0.15, -0.1) is 0 Å². The second kappa shape index (κ2) is 10.5. The molecule has 0 unspecified atom stereocenters. The lowest BCUT2D eigenvalue weighted by Gasteiger charge is -2.23. The molecule has 0 spiro atoms. The molecule has 4 nitrogen and oxygen atoms in total. The first-order valence-electron chi connectivity index (χ1n) is 10.4. The van der Waals surface area contributed by atoms with E-state index in [2.05, 4.69) is 67.3 Å². The van der Waals surface area contributed by atoms with E-state index in [9.17, 15) is 4.79 Å². The van der Waals surface area contributed by atoms with Gasteiger partial charge in [-0.05, 0) is 66.8 Å². The summed E-state index contributed by atoms with van der Waals surface area (Å²) in [5, 5.41) is 8.76. The normalized spacial score (nSPS) is 10.6. The van der Waals surface area contributed by atoms with Crippen LogP contribution in [0, 0.1) is 6.92 Å². The van der Waals surface area contributed by atoms with Crippen LogP contribution < -0.4 is 9.64 Å². The molecule has 0 heterocycles. The lowest BCUT2D eigenvalue weighted by molar-refractivity contribution is -0.136. The molecule has 3 rings (SSSR count). The Labute approximate surface area is 178 Å². The fourth-order valence-corrected chi connectivity index (χ4v) is 3.34. The number of carbonyl (C=O) groups is 1. The van der Waals surface area contributed by atoms with E-state index in [1.165, 1.54) is 16.8 Å². The third-order valence-corrected chi connectivity index (χ3v) is 5.10. The Morgan fingerprint density at radius 3 is 2.23 bits per heavy atom. The number of benzene rings is 3. The number of carboxylic acids is 1. The van der Waals surface area contributed by atoms with Crippen molar-refractivity contribution in [2.75, 3.05) is 11.4 Å². The highest BCUT2D eigenvalue weighted by Crippen LogP contribution is 2.19. The van der Waals surface area contributed by atoms with Crippen LogP contribution in [0.25, 0.3) is 0 Å². The number of hydrogen-bond acceptors (Lipinski definition) is 3. The molecule has 156 valence electrons. The van der Waals surface area contributed by atoms with E-state index in [1.807, 2.05) is 24.3 Å². The van der Waals surface area contributed by atoms with Gasteiger partial charge in [-0.3, -0.25) is 4.79 Å². The predicted octanol–water partition coefficient (Wildman–Crippen LogP) is 5.62. The van der Waals surface area contributed by atoms with Gasteiger partial charge in [-0.1, -0.05) is 48.5 Å². The largest absolute Gasteiger partial charge is 0.489 e. The minimum Gasteiger partial charge on any atom is -0.489 e. The van der Waals surface area contributed by atoms with Crippen LogP contribution in [0.5, 0.6) is 5.75 Å². The number of hydrogen-bond donors (Lipinski definition) is 1. The minimum absolute atomic E-state index is 0.145. The third kappa shape index (κ3) is 6.38. The Morgan fingerprint density at radius 2 is 1.60 bits per heavy atom. The lowest BCUT2D eigenvalue weighted by atomic mass is 10.1. The highest BCUT2D eigenvalue weighted by molar-refractivity contribution is 5.67. The van der Waals surface area contributed by atoms with Crippen LogP contribution in [0.1, 0.15) is 35.6 Å². The highest BCUT2D eigenvalue weighted by atomic mass is 16.5. The van der Waals surface area contributed by atoms with Crippen molar-refractivity contribution in [3.63, 3.8) is 0 Å². The van der Waals surface area contributed by atoms with Gasteiger partial charge in [0.15, 0.2) is 0 Å². The molecule has 0 aromatic heterocycles. The van der Waals surface area contributed by atoms with E-state index >= 15 is 0 Å². The molecule has 0 fully saturated rings. The number of aryl methyl sites for hydroxylation is 2. The van der Waals surface area contributed by atoms with Gasteiger partial charge in [-0.2, -0.15) is 0 Å². The Balaban J connectivity index is 1.53. The Morgan fingerprint density at radius 1 is 0.933 bits per heavy atom. The average Bonchev–Trinajstić information content (AvgIpc) is 2.76. The summed E-state index contributed by atoms with van der Waals surface area (Å²) in [6.45, 7) is 6.63. The predicted molar refractivity (Wildman–Crippen MR) is 121 cm³/mol. The first kappa shape index (κ1) is 21.4. The molecule has 1 N–H and O–H groups in total. The molecule has 0 atom stereocenters. The molecule has 30 heavy (non-hydrogen) atoms. The number of anilines is 1. The fraction of sp³-hybridized carbons (Fsp3) is 0.269. The number of aliphatic carboxylic acids is 1.